The number of phenolic OH excluding ortho intramolecular Hbond substituents is 1. The van der Waals surface area contributed by atoms with Crippen molar-refractivity contribution >= 4 is 23.7 Å². The minimum absolute atomic E-state index is 0.0348. The number of benzene rings is 2. The number of aromatic hydroxyl groups is 1. The Hall–Kier alpha value is -2.80. The number of methoxy groups -OCH3 is 2. The lowest BCUT2D eigenvalue weighted by Crippen LogP contribution is -2.17. The topological polar surface area (TPSA) is 80.2 Å². The molecule has 126 valence electrons. The van der Waals surface area contributed by atoms with Gasteiger partial charge in [0.05, 0.1) is 25.5 Å². The number of hydrazone groups is 1. The Bertz CT molecular complexity index is 796. The third kappa shape index (κ3) is 3.94. The van der Waals surface area contributed by atoms with Crippen LogP contribution in [0, 0.1) is 5.82 Å². The smallest absolute Gasteiger partial charge is 0.271 e. The molecule has 0 saturated carbocycles. The van der Waals surface area contributed by atoms with E-state index < -0.39 is 11.7 Å². The van der Waals surface area contributed by atoms with Crippen molar-refractivity contribution in [2.75, 3.05) is 14.2 Å². The standard InChI is InChI=1S/C16H14ClFN2O4/c1-23-13-4-3-9(6-14(13)24-2)16(22)20-19-8-10-5-11(18)7-12(17)15(10)21/h3-8,21H,1-2H3,(H,20,22)/b19-8+. The predicted molar refractivity (Wildman–Crippen MR) is 87.7 cm³/mol. The molecule has 0 spiro atoms. The highest BCUT2D eigenvalue weighted by atomic mass is 35.5. The van der Waals surface area contributed by atoms with Crippen LogP contribution in [-0.2, 0) is 0 Å². The van der Waals surface area contributed by atoms with Crippen molar-refractivity contribution in [3.05, 3.63) is 52.3 Å². The van der Waals surface area contributed by atoms with Crippen LogP contribution < -0.4 is 14.9 Å². The molecule has 0 aliphatic carbocycles. The molecule has 2 rings (SSSR count). The number of hydrogen-bond acceptors (Lipinski definition) is 5. The molecule has 2 N–H and O–H groups in total. The van der Waals surface area contributed by atoms with E-state index in [0.29, 0.717) is 11.5 Å². The minimum atomic E-state index is -0.634. The summed E-state index contributed by atoms with van der Waals surface area (Å²) >= 11 is 5.65. The van der Waals surface area contributed by atoms with Gasteiger partial charge in [-0.2, -0.15) is 5.10 Å². The summed E-state index contributed by atoms with van der Waals surface area (Å²) in [5.74, 6) is -0.609. The average molecular weight is 353 g/mol. The fourth-order valence-electron chi connectivity index (χ4n) is 1.89. The van der Waals surface area contributed by atoms with Crippen molar-refractivity contribution in [2.45, 2.75) is 0 Å². The van der Waals surface area contributed by atoms with E-state index in [2.05, 4.69) is 10.5 Å². The van der Waals surface area contributed by atoms with Crippen molar-refractivity contribution < 1.29 is 23.8 Å². The van der Waals surface area contributed by atoms with Crippen molar-refractivity contribution in [3.63, 3.8) is 0 Å². The number of nitrogens with zero attached hydrogens (tertiary/aromatic N) is 1. The van der Waals surface area contributed by atoms with Gasteiger partial charge in [-0.3, -0.25) is 4.79 Å². The number of carbonyl (C=O) groups is 1. The van der Waals surface area contributed by atoms with Gasteiger partial charge in [-0.25, -0.2) is 9.82 Å². The Morgan fingerprint density at radius 3 is 2.62 bits per heavy atom. The predicted octanol–water partition coefficient (Wildman–Crippen LogP) is 2.97. The highest BCUT2D eigenvalue weighted by molar-refractivity contribution is 6.32. The van der Waals surface area contributed by atoms with E-state index in [1.807, 2.05) is 0 Å². The largest absolute Gasteiger partial charge is 0.506 e. The maximum atomic E-state index is 13.2. The zero-order valence-corrected chi connectivity index (χ0v) is 13.6. The molecule has 2 aromatic carbocycles. The molecule has 0 radical (unpaired) electrons. The van der Waals surface area contributed by atoms with Crippen LogP contribution in [-0.4, -0.2) is 31.4 Å². The molecular weight excluding hydrogens is 339 g/mol. The van der Waals surface area contributed by atoms with E-state index in [0.717, 1.165) is 18.3 Å². The number of carbonyl (C=O) groups excluding carboxylic acids is 1. The van der Waals surface area contributed by atoms with Gasteiger partial charge in [-0.15, -0.1) is 0 Å². The monoisotopic (exact) mass is 352 g/mol. The number of rotatable bonds is 5. The second-order valence-electron chi connectivity index (χ2n) is 4.59. The van der Waals surface area contributed by atoms with Gasteiger partial charge in [0.25, 0.3) is 5.91 Å². The second kappa shape index (κ2) is 7.65. The van der Waals surface area contributed by atoms with Crippen molar-refractivity contribution in [2.24, 2.45) is 5.10 Å². The minimum Gasteiger partial charge on any atom is -0.506 e. The fraction of sp³-hybridized carbons (Fsp3) is 0.125. The second-order valence-corrected chi connectivity index (χ2v) is 5.00. The van der Waals surface area contributed by atoms with Crippen LogP contribution in [0.15, 0.2) is 35.4 Å². The molecular formula is C16H14ClFN2O4. The number of halogens is 2. The summed E-state index contributed by atoms with van der Waals surface area (Å²) in [6.45, 7) is 0. The number of hydrogen-bond donors (Lipinski definition) is 2. The molecule has 0 bridgehead atoms. The molecule has 6 nitrogen and oxygen atoms in total. The highest BCUT2D eigenvalue weighted by Gasteiger charge is 2.10. The molecule has 2 aromatic rings. The van der Waals surface area contributed by atoms with Crippen LogP contribution in [0.3, 0.4) is 0 Å². The van der Waals surface area contributed by atoms with Crippen LogP contribution in [0.25, 0.3) is 0 Å². The van der Waals surface area contributed by atoms with E-state index in [1.165, 1.54) is 26.4 Å². The molecule has 1 amide bonds. The van der Waals surface area contributed by atoms with E-state index >= 15 is 0 Å². The van der Waals surface area contributed by atoms with Crippen LogP contribution in [0.4, 0.5) is 4.39 Å². The van der Waals surface area contributed by atoms with Crippen molar-refractivity contribution in [1.29, 1.82) is 0 Å². The molecule has 24 heavy (non-hydrogen) atoms. The summed E-state index contributed by atoms with van der Waals surface area (Å²) in [5, 5.41) is 13.2. The molecule has 0 saturated heterocycles. The van der Waals surface area contributed by atoms with Gasteiger partial charge < -0.3 is 14.6 Å². The zero-order chi connectivity index (χ0) is 17.7. The van der Waals surface area contributed by atoms with Gasteiger partial charge in [0, 0.05) is 11.1 Å². The van der Waals surface area contributed by atoms with E-state index in [9.17, 15) is 14.3 Å². The summed E-state index contributed by atoms with van der Waals surface area (Å²) in [6, 6.07) is 6.60. The van der Waals surface area contributed by atoms with Crippen LogP contribution >= 0.6 is 11.6 Å². The van der Waals surface area contributed by atoms with E-state index in [-0.39, 0.29) is 21.9 Å². The van der Waals surface area contributed by atoms with Gasteiger partial charge in [-0.05, 0) is 30.3 Å². The molecule has 8 heteroatoms. The van der Waals surface area contributed by atoms with E-state index in [4.69, 9.17) is 21.1 Å². The fourth-order valence-corrected chi connectivity index (χ4v) is 2.10. The summed E-state index contributed by atoms with van der Waals surface area (Å²) in [4.78, 5) is 12.0. The first kappa shape index (κ1) is 17.6. The maximum absolute atomic E-state index is 13.2. The van der Waals surface area contributed by atoms with E-state index in [1.54, 1.807) is 6.07 Å². The number of nitrogens with one attached hydrogen (secondary N) is 1. The summed E-state index contributed by atoms with van der Waals surface area (Å²) in [6.07, 6.45) is 1.09. The lowest BCUT2D eigenvalue weighted by Gasteiger charge is -2.08. The molecule has 0 aliphatic heterocycles. The highest BCUT2D eigenvalue weighted by Crippen LogP contribution is 2.28. The first-order valence-corrected chi connectivity index (χ1v) is 7.07. The van der Waals surface area contributed by atoms with Gasteiger partial charge in [0.1, 0.15) is 11.6 Å². The van der Waals surface area contributed by atoms with Gasteiger partial charge in [-0.1, -0.05) is 11.6 Å². The van der Waals surface area contributed by atoms with Crippen LogP contribution in [0.2, 0.25) is 5.02 Å². The zero-order valence-electron chi connectivity index (χ0n) is 12.8. The average Bonchev–Trinajstić information content (AvgIpc) is 2.58. The third-order valence-electron chi connectivity index (χ3n) is 3.07. The summed E-state index contributed by atoms with van der Waals surface area (Å²) in [7, 11) is 2.94. The normalized spacial score (nSPS) is 10.7. The molecule has 0 fully saturated rings. The summed E-state index contributed by atoms with van der Waals surface area (Å²) in [5.41, 5.74) is 2.58. The first-order chi connectivity index (χ1) is 11.5. The number of phenols is 1. The number of amides is 1. The quantitative estimate of drug-likeness (QED) is 0.640. The SMILES string of the molecule is COc1ccc(C(=O)N/N=C/c2cc(F)cc(Cl)c2O)cc1OC. The van der Waals surface area contributed by atoms with Crippen LogP contribution in [0.5, 0.6) is 17.2 Å². The molecule has 0 aliphatic rings. The van der Waals surface area contributed by atoms with Crippen molar-refractivity contribution in [1.82, 2.24) is 5.43 Å². The summed E-state index contributed by atoms with van der Waals surface area (Å²) < 4.78 is 23.4. The van der Waals surface area contributed by atoms with Gasteiger partial charge in [0.2, 0.25) is 0 Å². The maximum Gasteiger partial charge on any atom is 0.271 e. The lowest BCUT2D eigenvalue weighted by atomic mass is 10.2. The van der Waals surface area contributed by atoms with Crippen LogP contribution in [0.1, 0.15) is 15.9 Å². The Morgan fingerprint density at radius 2 is 1.96 bits per heavy atom. The Labute approximate surface area is 142 Å². The van der Waals surface area contributed by atoms with Gasteiger partial charge in [0.15, 0.2) is 11.5 Å². The molecule has 0 aromatic heterocycles. The first-order valence-electron chi connectivity index (χ1n) is 6.69. The molecule has 0 atom stereocenters. The lowest BCUT2D eigenvalue weighted by molar-refractivity contribution is 0.0954. The van der Waals surface area contributed by atoms with Crippen molar-refractivity contribution in [3.8, 4) is 17.2 Å². The molecule has 0 unspecified atom stereocenters. The van der Waals surface area contributed by atoms with Gasteiger partial charge >= 0.3 is 0 Å². The Balaban J connectivity index is 2.13. The Morgan fingerprint density at radius 1 is 1.25 bits per heavy atom. The molecule has 0 heterocycles. The third-order valence-corrected chi connectivity index (χ3v) is 3.36. The Kier molecular flexibility index (Phi) is 5.59. The number of ether oxygens (including phenoxy) is 2.